The number of nitrogens with one attached hydrogen (secondary N) is 1. The van der Waals surface area contributed by atoms with Gasteiger partial charge in [-0.3, -0.25) is 9.10 Å². The molecule has 0 saturated heterocycles. The maximum absolute atomic E-state index is 13.3. The summed E-state index contributed by atoms with van der Waals surface area (Å²) in [6, 6.07) is 17.9. The highest BCUT2D eigenvalue weighted by Crippen LogP contribution is 2.24. The van der Waals surface area contributed by atoms with Gasteiger partial charge in [0, 0.05) is 17.8 Å². The Bertz CT molecular complexity index is 1040. The van der Waals surface area contributed by atoms with Crippen molar-refractivity contribution in [3.8, 4) is 0 Å². The summed E-state index contributed by atoms with van der Waals surface area (Å²) in [6.45, 7) is 4.37. The topological polar surface area (TPSA) is 66.5 Å². The van der Waals surface area contributed by atoms with Gasteiger partial charge in [0.1, 0.15) is 0 Å². The highest BCUT2D eigenvalue weighted by atomic mass is 32.2. The van der Waals surface area contributed by atoms with Crippen LogP contribution < -0.4 is 9.62 Å². The van der Waals surface area contributed by atoms with Crippen molar-refractivity contribution in [3.63, 3.8) is 0 Å². The van der Waals surface area contributed by atoms with Crippen molar-refractivity contribution in [2.75, 3.05) is 10.8 Å². The van der Waals surface area contributed by atoms with Crippen LogP contribution in [0.3, 0.4) is 0 Å². The van der Waals surface area contributed by atoms with E-state index in [1.54, 1.807) is 47.7 Å². The predicted octanol–water partition coefficient (Wildman–Crippen LogP) is 4.27. The molecule has 2 aromatic carbocycles. The van der Waals surface area contributed by atoms with Gasteiger partial charge in [0.15, 0.2) is 0 Å². The molecule has 0 aliphatic carbocycles. The van der Waals surface area contributed by atoms with E-state index in [1.165, 1.54) is 4.31 Å². The van der Waals surface area contributed by atoms with Crippen LogP contribution in [0, 0.1) is 13.8 Å². The van der Waals surface area contributed by atoms with Crippen LogP contribution in [-0.2, 0) is 21.4 Å². The van der Waals surface area contributed by atoms with Crippen molar-refractivity contribution in [1.29, 1.82) is 0 Å². The van der Waals surface area contributed by atoms with Crippen molar-refractivity contribution in [3.05, 3.63) is 82.0 Å². The molecule has 1 aromatic heterocycles. The fraction of sp³-hybridized carbons (Fsp3) is 0.227. The largest absolute Gasteiger partial charge is 0.351 e. The number of anilines is 1. The monoisotopic (exact) mass is 428 g/mol. The average Bonchev–Trinajstić information content (AvgIpc) is 3.22. The van der Waals surface area contributed by atoms with E-state index >= 15 is 0 Å². The van der Waals surface area contributed by atoms with Crippen LogP contribution in [0.25, 0.3) is 0 Å². The van der Waals surface area contributed by atoms with Crippen molar-refractivity contribution in [2.45, 2.75) is 31.7 Å². The molecule has 0 radical (unpaired) electrons. The molecule has 5 nitrogen and oxygen atoms in total. The summed E-state index contributed by atoms with van der Waals surface area (Å²) in [4.78, 5) is 13.6. The second kappa shape index (κ2) is 9.24. The fourth-order valence-electron chi connectivity index (χ4n) is 2.83. The molecular weight excluding hydrogens is 404 g/mol. The van der Waals surface area contributed by atoms with E-state index in [0.717, 1.165) is 16.0 Å². The summed E-state index contributed by atoms with van der Waals surface area (Å²) in [6.07, 6.45) is 0.0738. The Morgan fingerprint density at radius 3 is 2.17 bits per heavy atom. The quantitative estimate of drug-likeness (QED) is 0.583. The van der Waals surface area contributed by atoms with Gasteiger partial charge in [-0.1, -0.05) is 41.5 Å². The maximum atomic E-state index is 13.3. The lowest BCUT2D eigenvalue weighted by atomic mass is 10.2. The third-order valence-corrected chi connectivity index (χ3v) is 7.23. The number of aryl methyl sites for hydroxylation is 2. The molecule has 0 unspecified atom stereocenters. The number of thiophene rings is 1. The summed E-state index contributed by atoms with van der Waals surface area (Å²) in [5, 5.41) is 4.80. The molecule has 7 heteroatoms. The normalized spacial score (nSPS) is 11.2. The zero-order valence-corrected chi connectivity index (χ0v) is 18.1. The molecule has 0 bridgehead atoms. The highest BCUT2D eigenvalue weighted by Gasteiger charge is 2.25. The fourth-order valence-corrected chi connectivity index (χ4v) is 4.94. The summed E-state index contributed by atoms with van der Waals surface area (Å²) in [5.74, 6) is -0.186. The van der Waals surface area contributed by atoms with Gasteiger partial charge in [-0.2, -0.15) is 0 Å². The Morgan fingerprint density at radius 1 is 0.966 bits per heavy atom. The lowest BCUT2D eigenvalue weighted by Crippen LogP contribution is -2.35. The molecule has 0 saturated carbocycles. The molecule has 0 fully saturated rings. The third kappa shape index (κ3) is 5.46. The number of sulfonamides is 1. The highest BCUT2D eigenvalue weighted by molar-refractivity contribution is 7.92. The molecule has 29 heavy (non-hydrogen) atoms. The second-order valence-corrected chi connectivity index (χ2v) is 9.73. The van der Waals surface area contributed by atoms with Crippen LogP contribution in [-0.4, -0.2) is 20.9 Å². The van der Waals surface area contributed by atoms with E-state index < -0.39 is 10.0 Å². The summed E-state index contributed by atoms with van der Waals surface area (Å²) < 4.78 is 27.9. The Balaban J connectivity index is 1.78. The van der Waals surface area contributed by atoms with Crippen LogP contribution >= 0.6 is 11.3 Å². The van der Waals surface area contributed by atoms with Crippen LogP contribution in [0.4, 0.5) is 5.69 Å². The molecular formula is C22H24N2O3S2. The first-order valence-corrected chi connectivity index (χ1v) is 11.6. The minimum absolute atomic E-state index is 0.0650. The number of amides is 1. The van der Waals surface area contributed by atoms with Crippen molar-refractivity contribution < 1.29 is 13.2 Å². The van der Waals surface area contributed by atoms with Crippen LogP contribution in [0.1, 0.15) is 22.4 Å². The zero-order valence-electron chi connectivity index (χ0n) is 16.5. The Kier molecular flexibility index (Phi) is 6.71. The first kappa shape index (κ1) is 21.1. The molecule has 1 amide bonds. The number of rotatable bonds is 8. The Morgan fingerprint density at radius 2 is 1.59 bits per heavy atom. The summed E-state index contributed by atoms with van der Waals surface area (Å²) in [7, 11) is -3.78. The van der Waals surface area contributed by atoms with Gasteiger partial charge in [-0.15, -0.1) is 11.3 Å². The maximum Gasteiger partial charge on any atom is 0.264 e. The molecule has 152 valence electrons. The van der Waals surface area contributed by atoms with Gasteiger partial charge >= 0.3 is 0 Å². The van der Waals surface area contributed by atoms with Gasteiger partial charge in [-0.05, 0) is 49.6 Å². The standard InChI is InChI=1S/C22H24N2O3S2/c1-17-5-9-19(10-6-17)24(29(26,27)21-11-7-18(2)8-12-21)14-13-22(25)23-16-20-4-3-15-28-20/h3-12,15H,13-14,16H2,1-2H3,(H,23,25). The second-order valence-electron chi connectivity index (χ2n) is 6.83. The molecule has 1 heterocycles. The lowest BCUT2D eigenvalue weighted by molar-refractivity contribution is -0.121. The molecule has 0 spiro atoms. The smallest absolute Gasteiger partial charge is 0.264 e. The SMILES string of the molecule is Cc1ccc(N(CCC(=O)NCc2cccs2)S(=O)(=O)c2ccc(C)cc2)cc1. The number of carbonyl (C=O) groups excluding carboxylic acids is 1. The Labute approximate surface area is 176 Å². The molecule has 0 aliphatic heterocycles. The minimum atomic E-state index is -3.78. The van der Waals surface area contributed by atoms with E-state index in [4.69, 9.17) is 0 Å². The van der Waals surface area contributed by atoms with Gasteiger partial charge in [-0.25, -0.2) is 8.42 Å². The van der Waals surface area contributed by atoms with E-state index in [-0.39, 0.29) is 23.8 Å². The number of carbonyl (C=O) groups is 1. The van der Waals surface area contributed by atoms with Crippen LogP contribution in [0.15, 0.2) is 70.9 Å². The summed E-state index contributed by atoms with van der Waals surface area (Å²) in [5.41, 5.74) is 2.57. The van der Waals surface area contributed by atoms with E-state index in [9.17, 15) is 13.2 Å². The van der Waals surface area contributed by atoms with E-state index in [0.29, 0.717) is 12.2 Å². The lowest BCUT2D eigenvalue weighted by Gasteiger charge is -2.24. The number of hydrogen-bond acceptors (Lipinski definition) is 4. The molecule has 3 rings (SSSR count). The number of nitrogens with zero attached hydrogens (tertiary/aromatic N) is 1. The van der Waals surface area contributed by atoms with Crippen molar-refractivity contribution in [1.82, 2.24) is 5.32 Å². The van der Waals surface area contributed by atoms with Crippen LogP contribution in [0.2, 0.25) is 0 Å². The molecule has 1 N–H and O–H groups in total. The molecule has 0 atom stereocenters. The van der Waals surface area contributed by atoms with E-state index in [1.807, 2.05) is 43.5 Å². The number of benzene rings is 2. The van der Waals surface area contributed by atoms with Crippen molar-refractivity contribution in [2.24, 2.45) is 0 Å². The third-order valence-electron chi connectivity index (χ3n) is 4.51. The van der Waals surface area contributed by atoms with Gasteiger partial charge in [0.2, 0.25) is 5.91 Å². The average molecular weight is 429 g/mol. The van der Waals surface area contributed by atoms with Gasteiger partial charge in [0.05, 0.1) is 17.1 Å². The Hall–Kier alpha value is -2.64. The summed E-state index contributed by atoms with van der Waals surface area (Å²) >= 11 is 1.57. The predicted molar refractivity (Wildman–Crippen MR) is 118 cm³/mol. The zero-order chi connectivity index (χ0) is 20.9. The van der Waals surface area contributed by atoms with Crippen molar-refractivity contribution >= 4 is 33.0 Å². The van der Waals surface area contributed by atoms with Crippen LogP contribution in [0.5, 0.6) is 0 Å². The van der Waals surface area contributed by atoms with E-state index in [2.05, 4.69) is 5.32 Å². The first-order valence-electron chi connectivity index (χ1n) is 9.31. The molecule has 0 aliphatic rings. The first-order chi connectivity index (χ1) is 13.9. The number of hydrogen-bond donors (Lipinski definition) is 1. The van der Waals surface area contributed by atoms with Gasteiger partial charge in [0.25, 0.3) is 10.0 Å². The van der Waals surface area contributed by atoms with Gasteiger partial charge < -0.3 is 5.32 Å². The molecule has 3 aromatic rings. The minimum Gasteiger partial charge on any atom is -0.351 e.